The van der Waals surface area contributed by atoms with E-state index in [1.54, 1.807) is 0 Å². The zero-order valence-electron chi connectivity index (χ0n) is 8.63. The van der Waals surface area contributed by atoms with Gasteiger partial charge in [0.25, 0.3) is 0 Å². The minimum atomic E-state index is -0.583. The van der Waals surface area contributed by atoms with Gasteiger partial charge >= 0.3 is 0 Å². The molecule has 0 amide bonds. The highest BCUT2D eigenvalue weighted by molar-refractivity contribution is 5.82. The first-order valence-corrected chi connectivity index (χ1v) is 4.86. The summed E-state index contributed by atoms with van der Waals surface area (Å²) in [5.74, 6) is -0.785. The van der Waals surface area contributed by atoms with Crippen molar-refractivity contribution >= 4 is 5.84 Å². The second kappa shape index (κ2) is 5.44. The minimum Gasteiger partial charge on any atom is -0.387 e. The Bertz CT molecular complexity index is 362. The van der Waals surface area contributed by atoms with Crippen LogP contribution in [0.1, 0.15) is 18.9 Å². The van der Waals surface area contributed by atoms with Crippen molar-refractivity contribution < 1.29 is 8.78 Å². The molecule has 82 valence electrons. The van der Waals surface area contributed by atoms with E-state index in [2.05, 4.69) is 4.99 Å². The van der Waals surface area contributed by atoms with Crippen molar-refractivity contribution in [3.05, 3.63) is 35.4 Å². The summed E-state index contributed by atoms with van der Waals surface area (Å²) >= 11 is 0. The number of nitrogens with zero attached hydrogens (tertiary/aromatic N) is 1. The molecule has 0 atom stereocenters. The highest BCUT2D eigenvalue weighted by atomic mass is 19.1. The molecule has 2 nitrogen and oxygen atoms in total. The van der Waals surface area contributed by atoms with Crippen molar-refractivity contribution in [1.29, 1.82) is 0 Å². The second-order valence-corrected chi connectivity index (χ2v) is 3.29. The first-order chi connectivity index (χ1) is 7.13. The van der Waals surface area contributed by atoms with Gasteiger partial charge in [0.2, 0.25) is 0 Å². The standard InChI is InChI=1S/C11H14F2N2/c1-2-5-15-11(14)6-8-3-4-9(12)7-10(8)13/h3-4,7H,2,5-6H2,1H3,(H2,14,15). The summed E-state index contributed by atoms with van der Waals surface area (Å²) in [4.78, 5) is 4.04. The number of hydrogen-bond acceptors (Lipinski definition) is 1. The Morgan fingerprint density at radius 2 is 2.13 bits per heavy atom. The molecule has 0 fully saturated rings. The van der Waals surface area contributed by atoms with E-state index in [1.165, 1.54) is 12.1 Å². The lowest BCUT2D eigenvalue weighted by Crippen LogP contribution is -2.16. The zero-order valence-corrected chi connectivity index (χ0v) is 8.63. The number of aliphatic imine (C=N–C) groups is 1. The van der Waals surface area contributed by atoms with Crippen molar-refractivity contribution in [2.45, 2.75) is 19.8 Å². The van der Waals surface area contributed by atoms with Gasteiger partial charge in [-0.2, -0.15) is 0 Å². The Morgan fingerprint density at radius 1 is 1.40 bits per heavy atom. The van der Waals surface area contributed by atoms with Gasteiger partial charge in [-0.3, -0.25) is 4.99 Å². The van der Waals surface area contributed by atoms with E-state index in [9.17, 15) is 8.78 Å². The Balaban J connectivity index is 2.72. The fraction of sp³-hybridized carbons (Fsp3) is 0.364. The fourth-order valence-electron chi connectivity index (χ4n) is 1.17. The third-order valence-corrected chi connectivity index (χ3v) is 1.93. The summed E-state index contributed by atoms with van der Waals surface area (Å²) in [6, 6.07) is 3.45. The molecule has 0 aliphatic heterocycles. The molecule has 2 N–H and O–H groups in total. The Hall–Kier alpha value is -1.45. The smallest absolute Gasteiger partial charge is 0.129 e. The Kier molecular flexibility index (Phi) is 4.21. The number of hydrogen-bond donors (Lipinski definition) is 1. The van der Waals surface area contributed by atoms with Crippen LogP contribution in [0, 0.1) is 11.6 Å². The maximum atomic E-state index is 13.2. The first-order valence-electron chi connectivity index (χ1n) is 4.86. The van der Waals surface area contributed by atoms with Gasteiger partial charge in [-0.1, -0.05) is 13.0 Å². The fourth-order valence-corrected chi connectivity index (χ4v) is 1.17. The third-order valence-electron chi connectivity index (χ3n) is 1.93. The van der Waals surface area contributed by atoms with Crippen LogP contribution < -0.4 is 5.73 Å². The molecule has 0 radical (unpaired) electrons. The molecule has 0 aliphatic rings. The number of rotatable bonds is 4. The van der Waals surface area contributed by atoms with Gasteiger partial charge in [-0.05, 0) is 18.1 Å². The van der Waals surface area contributed by atoms with Crippen LogP contribution in [0.25, 0.3) is 0 Å². The molecule has 0 saturated carbocycles. The quantitative estimate of drug-likeness (QED) is 0.603. The molecular formula is C11H14F2N2. The van der Waals surface area contributed by atoms with Crippen LogP contribution in [0.3, 0.4) is 0 Å². The van der Waals surface area contributed by atoms with Gasteiger partial charge in [-0.25, -0.2) is 8.78 Å². The topological polar surface area (TPSA) is 38.4 Å². The summed E-state index contributed by atoms with van der Waals surface area (Å²) in [6.07, 6.45) is 1.12. The predicted molar refractivity (Wildman–Crippen MR) is 56.8 cm³/mol. The van der Waals surface area contributed by atoms with Gasteiger partial charge in [0.1, 0.15) is 11.6 Å². The zero-order chi connectivity index (χ0) is 11.3. The largest absolute Gasteiger partial charge is 0.387 e. The average molecular weight is 212 g/mol. The molecule has 0 saturated heterocycles. The third kappa shape index (κ3) is 3.65. The lowest BCUT2D eigenvalue weighted by atomic mass is 10.1. The Morgan fingerprint density at radius 3 is 2.73 bits per heavy atom. The molecule has 0 aliphatic carbocycles. The molecule has 0 aromatic heterocycles. The van der Waals surface area contributed by atoms with Gasteiger partial charge < -0.3 is 5.73 Å². The van der Waals surface area contributed by atoms with E-state index >= 15 is 0 Å². The number of benzene rings is 1. The van der Waals surface area contributed by atoms with Crippen LogP contribution in [0.5, 0.6) is 0 Å². The van der Waals surface area contributed by atoms with Crippen LogP contribution in [0.4, 0.5) is 8.78 Å². The van der Waals surface area contributed by atoms with E-state index in [4.69, 9.17) is 5.73 Å². The predicted octanol–water partition coefficient (Wildman–Crippen LogP) is 2.27. The van der Waals surface area contributed by atoms with Crippen LogP contribution in [-0.4, -0.2) is 12.4 Å². The maximum Gasteiger partial charge on any atom is 0.129 e. The lowest BCUT2D eigenvalue weighted by molar-refractivity contribution is 0.575. The van der Waals surface area contributed by atoms with Crippen molar-refractivity contribution in [1.82, 2.24) is 0 Å². The molecule has 0 spiro atoms. The van der Waals surface area contributed by atoms with Gasteiger partial charge in [0, 0.05) is 19.0 Å². The van der Waals surface area contributed by atoms with Crippen molar-refractivity contribution in [3.63, 3.8) is 0 Å². The monoisotopic (exact) mass is 212 g/mol. The number of nitrogens with two attached hydrogens (primary N) is 1. The lowest BCUT2D eigenvalue weighted by Gasteiger charge is -2.03. The number of amidine groups is 1. The van der Waals surface area contributed by atoms with E-state index in [-0.39, 0.29) is 6.42 Å². The van der Waals surface area contributed by atoms with Crippen molar-refractivity contribution in [2.24, 2.45) is 10.7 Å². The van der Waals surface area contributed by atoms with E-state index in [1.807, 2.05) is 6.92 Å². The summed E-state index contributed by atoms with van der Waals surface area (Å²) in [6.45, 7) is 2.61. The molecule has 0 bridgehead atoms. The van der Waals surface area contributed by atoms with Gasteiger partial charge in [0.15, 0.2) is 0 Å². The summed E-state index contributed by atoms with van der Waals surface area (Å²) in [5.41, 5.74) is 5.96. The minimum absolute atomic E-state index is 0.228. The molecule has 0 heterocycles. The van der Waals surface area contributed by atoms with Crippen LogP contribution in [0.15, 0.2) is 23.2 Å². The van der Waals surface area contributed by atoms with E-state index in [0.717, 1.165) is 12.5 Å². The van der Waals surface area contributed by atoms with E-state index in [0.29, 0.717) is 17.9 Å². The van der Waals surface area contributed by atoms with E-state index < -0.39 is 11.6 Å². The second-order valence-electron chi connectivity index (χ2n) is 3.29. The molecule has 15 heavy (non-hydrogen) atoms. The van der Waals surface area contributed by atoms with Crippen molar-refractivity contribution in [3.8, 4) is 0 Å². The SMILES string of the molecule is CCCN=C(N)Cc1ccc(F)cc1F. The van der Waals surface area contributed by atoms with Gasteiger partial charge in [-0.15, -0.1) is 0 Å². The molecule has 1 aromatic rings. The van der Waals surface area contributed by atoms with Crippen molar-refractivity contribution in [2.75, 3.05) is 6.54 Å². The summed E-state index contributed by atoms with van der Waals surface area (Å²) in [5, 5.41) is 0. The molecule has 4 heteroatoms. The van der Waals surface area contributed by atoms with Crippen LogP contribution in [-0.2, 0) is 6.42 Å². The van der Waals surface area contributed by atoms with Gasteiger partial charge in [0.05, 0.1) is 5.84 Å². The molecule has 0 unspecified atom stereocenters. The van der Waals surface area contributed by atoms with Crippen LogP contribution >= 0.6 is 0 Å². The number of halogens is 2. The highest BCUT2D eigenvalue weighted by Crippen LogP contribution is 2.09. The highest BCUT2D eigenvalue weighted by Gasteiger charge is 2.05. The Labute approximate surface area is 87.8 Å². The normalized spacial score (nSPS) is 11.8. The first kappa shape index (κ1) is 11.6. The molecule has 1 rings (SSSR count). The summed E-state index contributed by atoms with van der Waals surface area (Å²) < 4.78 is 25.8. The maximum absolute atomic E-state index is 13.2. The summed E-state index contributed by atoms with van der Waals surface area (Å²) in [7, 11) is 0. The molecule has 1 aromatic carbocycles. The average Bonchev–Trinajstić information content (AvgIpc) is 2.19. The van der Waals surface area contributed by atoms with Crippen LogP contribution in [0.2, 0.25) is 0 Å². The molecular weight excluding hydrogens is 198 g/mol.